The summed E-state index contributed by atoms with van der Waals surface area (Å²) in [5.41, 5.74) is 0. The summed E-state index contributed by atoms with van der Waals surface area (Å²) in [6.07, 6.45) is 59.5. The summed E-state index contributed by atoms with van der Waals surface area (Å²) in [5, 5.41) is 23.9. The molecule has 0 aromatic carbocycles. The molecule has 0 heterocycles. The molecule has 1 amide bonds. The van der Waals surface area contributed by atoms with Crippen molar-refractivity contribution in [2.24, 2.45) is 0 Å². The highest BCUT2D eigenvalue weighted by molar-refractivity contribution is 5.77. The Bertz CT molecular complexity index is 997. The lowest BCUT2D eigenvalue weighted by molar-refractivity contribution is -0.151. The molecule has 372 valence electrons. The van der Waals surface area contributed by atoms with Gasteiger partial charge in [-0.2, -0.15) is 0 Å². The second kappa shape index (κ2) is 51.3. The maximum absolute atomic E-state index is 13.2. The van der Waals surface area contributed by atoms with E-state index in [1.165, 1.54) is 193 Å². The summed E-state index contributed by atoms with van der Waals surface area (Å²) < 4.78 is 5.94. The molecule has 0 bridgehead atoms. The van der Waals surface area contributed by atoms with E-state index < -0.39 is 18.2 Å². The number of esters is 1. The summed E-state index contributed by atoms with van der Waals surface area (Å²) in [7, 11) is 0. The first kappa shape index (κ1) is 61.3. The van der Waals surface area contributed by atoms with Crippen LogP contribution >= 0.6 is 0 Å². The molecule has 63 heavy (non-hydrogen) atoms. The van der Waals surface area contributed by atoms with E-state index in [9.17, 15) is 19.8 Å². The lowest BCUT2D eigenvalue weighted by atomic mass is 10.0. The van der Waals surface area contributed by atoms with Gasteiger partial charge in [-0.15, -0.1) is 0 Å². The molecule has 6 heteroatoms. The minimum atomic E-state index is -0.791. The Morgan fingerprint density at radius 1 is 0.460 bits per heavy atom. The van der Waals surface area contributed by atoms with Gasteiger partial charge < -0.3 is 20.3 Å². The molecular weight excluding hydrogens is 779 g/mol. The number of ether oxygens (including phenoxy) is 1. The SMILES string of the molecule is CCCCCCCCC/C=C/C=C/CCCCCC(CC(=O)NC(CO)C(O)CCCCCCCCCCCCCCCCCC)OC(=O)CCCCCCCCCCCCCC. The molecule has 3 N–H and O–H groups in total. The van der Waals surface area contributed by atoms with Crippen LogP contribution in [0.25, 0.3) is 0 Å². The Balaban J connectivity index is 4.55. The molecule has 3 unspecified atom stereocenters. The first-order valence-electron chi connectivity index (χ1n) is 28.1. The van der Waals surface area contributed by atoms with Gasteiger partial charge >= 0.3 is 5.97 Å². The lowest BCUT2D eigenvalue weighted by Gasteiger charge is -2.24. The van der Waals surface area contributed by atoms with E-state index in [1.54, 1.807) is 0 Å². The molecule has 0 radical (unpaired) electrons. The molecule has 0 saturated heterocycles. The third-order valence-electron chi connectivity index (χ3n) is 13.1. The van der Waals surface area contributed by atoms with Crippen molar-refractivity contribution in [2.75, 3.05) is 6.61 Å². The number of hydrogen-bond donors (Lipinski definition) is 3. The summed E-state index contributed by atoms with van der Waals surface area (Å²) in [6.45, 7) is 6.50. The van der Waals surface area contributed by atoms with Gasteiger partial charge in [0.15, 0.2) is 0 Å². The Morgan fingerprint density at radius 3 is 1.19 bits per heavy atom. The second-order valence-electron chi connectivity index (χ2n) is 19.4. The zero-order valence-corrected chi connectivity index (χ0v) is 42.5. The largest absolute Gasteiger partial charge is 0.462 e. The van der Waals surface area contributed by atoms with Crippen LogP contribution in [0.2, 0.25) is 0 Å². The molecule has 6 nitrogen and oxygen atoms in total. The minimum absolute atomic E-state index is 0.0654. The molecule has 0 rings (SSSR count). The lowest BCUT2D eigenvalue weighted by Crippen LogP contribution is -2.46. The fourth-order valence-corrected chi connectivity index (χ4v) is 8.78. The van der Waals surface area contributed by atoms with Crippen LogP contribution in [0, 0.1) is 0 Å². The number of unbranched alkanes of at least 4 members (excludes halogenated alkanes) is 36. The highest BCUT2D eigenvalue weighted by atomic mass is 16.5. The van der Waals surface area contributed by atoms with E-state index in [2.05, 4.69) is 50.4 Å². The van der Waals surface area contributed by atoms with Gasteiger partial charge in [0.25, 0.3) is 0 Å². The van der Waals surface area contributed by atoms with Crippen LogP contribution in [0.4, 0.5) is 0 Å². The average Bonchev–Trinajstić information content (AvgIpc) is 3.28. The van der Waals surface area contributed by atoms with Gasteiger partial charge in [0.05, 0.1) is 25.2 Å². The number of carbonyl (C=O) groups excluding carboxylic acids is 2. The maximum Gasteiger partial charge on any atom is 0.306 e. The molecule has 3 atom stereocenters. The van der Waals surface area contributed by atoms with Crippen molar-refractivity contribution in [3.63, 3.8) is 0 Å². The van der Waals surface area contributed by atoms with E-state index in [4.69, 9.17) is 4.74 Å². The van der Waals surface area contributed by atoms with Crippen LogP contribution in [-0.2, 0) is 14.3 Å². The van der Waals surface area contributed by atoms with Crippen molar-refractivity contribution < 1.29 is 24.5 Å². The normalized spacial score (nSPS) is 13.3. The van der Waals surface area contributed by atoms with Gasteiger partial charge in [0.2, 0.25) is 5.91 Å². The van der Waals surface area contributed by atoms with Crippen molar-refractivity contribution in [1.29, 1.82) is 0 Å². The number of nitrogens with one attached hydrogen (secondary N) is 1. The van der Waals surface area contributed by atoms with Crippen molar-refractivity contribution in [3.8, 4) is 0 Å². The van der Waals surface area contributed by atoms with Crippen LogP contribution in [0.15, 0.2) is 24.3 Å². The molecule has 0 aromatic rings. The summed E-state index contributed by atoms with van der Waals surface area (Å²) >= 11 is 0. The zero-order valence-electron chi connectivity index (χ0n) is 42.5. The monoisotopic (exact) mass is 888 g/mol. The van der Waals surface area contributed by atoms with Crippen molar-refractivity contribution >= 4 is 11.9 Å². The molecule has 0 aromatic heterocycles. The summed E-state index contributed by atoms with van der Waals surface area (Å²) in [6, 6.07) is -0.706. The first-order chi connectivity index (χ1) is 31.0. The number of aliphatic hydroxyl groups excluding tert-OH is 2. The van der Waals surface area contributed by atoms with Gasteiger partial charge in [0, 0.05) is 6.42 Å². The predicted molar refractivity (Wildman–Crippen MR) is 273 cm³/mol. The van der Waals surface area contributed by atoms with Gasteiger partial charge in [-0.3, -0.25) is 9.59 Å². The van der Waals surface area contributed by atoms with Gasteiger partial charge in [-0.25, -0.2) is 0 Å². The van der Waals surface area contributed by atoms with E-state index in [0.717, 1.165) is 64.2 Å². The quantitative estimate of drug-likeness (QED) is 0.0321. The van der Waals surface area contributed by atoms with Crippen LogP contribution in [-0.4, -0.2) is 46.9 Å². The van der Waals surface area contributed by atoms with Crippen LogP contribution in [0.5, 0.6) is 0 Å². The van der Waals surface area contributed by atoms with Crippen LogP contribution in [0.3, 0.4) is 0 Å². The Hall–Kier alpha value is -1.66. The van der Waals surface area contributed by atoms with Gasteiger partial charge in [-0.1, -0.05) is 263 Å². The van der Waals surface area contributed by atoms with Crippen LogP contribution in [0.1, 0.15) is 303 Å². The third kappa shape index (κ3) is 46.7. The molecule has 0 saturated carbocycles. The number of rotatable bonds is 51. The molecular formula is C57H109NO5. The van der Waals surface area contributed by atoms with Crippen molar-refractivity contribution in [3.05, 3.63) is 24.3 Å². The topological polar surface area (TPSA) is 95.9 Å². The minimum Gasteiger partial charge on any atom is -0.462 e. The van der Waals surface area contributed by atoms with E-state index in [0.29, 0.717) is 19.3 Å². The number of amides is 1. The molecule has 0 aliphatic carbocycles. The highest BCUT2D eigenvalue weighted by Gasteiger charge is 2.24. The Kier molecular flexibility index (Phi) is 50.0. The zero-order chi connectivity index (χ0) is 45.9. The Labute approximate surface area is 392 Å². The number of aliphatic hydroxyl groups is 2. The predicted octanol–water partition coefficient (Wildman–Crippen LogP) is 17.1. The van der Waals surface area contributed by atoms with Crippen molar-refractivity contribution in [2.45, 2.75) is 322 Å². The number of carbonyl (C=O) groups is 2. The molecule has 0 aliphatic rings. The third-order valence-corrected chi connectivity index (χ3v) is 13.1. The van der Waals surface area contributed by atoms with E-state index >= 15 is 0 Å². The first-order valence-corrected chi connectivity index (χ1v) is 28.1. The van der Waals surface area contributed by atoms with E-state index in [-0.39, 0.29) is 24.9 Å². The second-order valence-corrected chi connectivity index (χ2v) is 19.4. The number of allylic oxidation sites excluding steroid dienone is 4. The van der Waals surface area contributed by atoms with Gasteiger partial charge in [-0.05, 0) is 51.4 Å². The number of hydrogen-bond acceptors (Lipinski definition) is 5. The highest BCUT2D eigenvalue weighted by Crippen LogP contribution is 2.18. The van der Waals surface area contributed by atoms with Crippen molar-refractivity contribution in [1.82, 2.24) is 5.32 Å². The molecule has 0 aliphatic heterocycles. The fraction of sp³-hybridized carbons (Fsp3) is 0.895. The maximum atomic E-state index is 13.2. The Morgan fingerprint density at radius 2 is 0.794 bits per heavy atom. The summed E-state index contributed by atoms with van der Waals surface area (Å²) in [4.78, 5) is 26.2. The smallest absolute Gasteiger partial charge is 0.306 e. The average molecular weight is 889 g/mol. The fourth-order valence-electron chi connectivity index (χ4n) is 8.78. The summed E-state index contributed by atoms with van der Waals surface area (Å²) in [5.74, 6) is -0.484. The van der Waals surface area contributed by atoms with E-state index in [1.807, 2.05) is 0 Å². The van der Waals surface area contributed by atoms with Crippen LogP contribution < -0.4 is 5.32 Å². The standard InChI is InChI=1S/C57H109NO5/c1-4-7-10-13-16-19-22-25-27-29-31-33-36-39-42-45-48-53(63-57(62)50-47-44-41-38-35-24-21-18-15-12-9-6-3)51-56(61)58-54(52-59)55(60)49-46-43-40-37-34-32-30-28-26-23-20-17-14-11-8-5-2/h27,29,31,33,53-55,59-60H,4-26,28,30,32,34-52H2,1-3H3,(H,58,61)/b29-27+,33-31+. The molecule has 0 fully saturated rings. The van der Waals surface area contributed by atoms with Gasteiger partial charge in [0.1, 0.15) is 6.10 Å². The molecule has 0 spiro atoms.